The van der Waals surface area contributed by atoms with Gasteiger partial charge in [0, 0.05) is 0 Å². The van der Waals surface area contributed by atoms with E-state index in [1.54, 1.807) is 0 Å². The molecule has 0 radical (unpaired) electrons. The molecule has 0 N–H and O–H groups in total. The van der Waals surface area contributed by atoms with Crippen molar-refractivity contribution in [1.29, 1.82) is 0 Å². The van der Waals surface area contributed by atoms with Crippen molar-refractivity contribution >= 4 is 43.7 Å². The molecule has 1 aromatic carbocycles. The molecule has 2 nitrogen and oxygen atoms in total. The number of Topliss-reactive ketones (excluding diaryl/α,β-unsaturated/α-hetero) is 1. The summed E-state index contributed by atoms with van der Waals surface area (Å²) >= 11 is -2.75. The maximum atomic E-state index is 13.6. The van der Waals surface area contributed by atoms with Crippen LogP contribution in [0.2, 0.25) is 33.0 Å². The van der Waals surface area contributed by atoms with Crippen molar-refractivity contribution in [3.05, 3.63) is 50.6 Å². The predicted octanol–water partition coefficient (Wildman–Crippen LogP) is 8.42. The molecule has 1 aliphatic carbocycles. The number of allylic oxidation sites excluding steroid dienone is 3. The first-order chi connectivity index (χ1) is 15.2. The van der Waals surface area contributed by atoms with E-state index < -0.39 is 26.5 Å². The number of carbonyl (C=O) groups is 2. The van der Waals surface area contributed by atoms with E-state index in [0.717, 1.165) is 6.29 Å². The van der Waals surface area contributed by atoms with Crippen LogP contribution >= 0.6 is 0 Å². The first kappa shape index (κ1) is 27.3. The minimum atomic E-state index is -2.75. The van der Waals surface area contributed by atoms with Gasteiger partial charge in [0.25, 0.3) is 0 Å². The van der Waals surface area contributed by atoms with E-state index in [1.807, 2.05) is 12.1 Å². The van der Waals surface area contributed by atoms with Gasteiger partial charge in [-0.1, -0.05) is 0 Å². The molecule has 4 heteroatoms. The van der Waals surface area contributed by atoms with E-state index in [0.29, 0.717) is 17.8 Å². The van der Waals surface area contributed by atoms with Crippen molar-refractivity contribution in [2.45, 2.75) is 98.7 Å². The Morgan fingerprint density at radius 3 is 1.81 bits per heavy atom. The molecule has 1 aromatic rings. The monoisotopic (exact) mass is 560 g/mol. The summed E-state index contributed by atoms with van der Waals surface area (Å²) in [6.45, 7) is 14.0. The van der Waals surface area contributed by atoms with Gasteiger partial charge >= 0.3 is 203 Å². The van der Waals surface area contributed by atoms with Crippen molar-refractivity contribution in [3.63, 3.8) is 0 Å². The van der Waals surface area contributed by atoms with E-state index in [1.165, 1.54) is 71.8 Å². The molecule has 1 aliphatic rings. The average Bonchev–Trinajstić information content (AvgIpc) is 3.14. The van der Waals surface area contributed by atoms with Gasteiger partial charge in [-0.25, -0.2) is 0 Å². The van der Waals surface area contributed by atoms with Crippen LogP contribution in [-0.4, -0.2) is 38.5 Å². The van der Waals surface area contributed by atoms with E-state index in [9.17, 15) is 9.59 Å². The Balaban J connectivity index is 2.63. The molecule has 0 aliphatic heterocycles. The predicted molar refractivity (Wildman–Crippen MR) is 145 cm³/mol. The van der Waals surface area contributed by atoms with E-state index >= 15 is 0 Å². The van der Waals surface area contributed by atoms with Crippen LogP contribution in [0.1, 0.15) is 81.6 Å². The molecule has 0 fully saturated rings. The van der Waals surface area contributed by atoms with Gasteiger partial charge in [0.15, 0.2) is 0 Å². The zero-order valence-electron chi connectivity index (χ0n) is 21.4. The Morgan fingerprint density at radius 2 is 1.41 bits per heavy atom. The van der Waals surface area contributed by atoms with Crippen LogP contribution in [0.4, 0.5) is 0 Å². The third-order valence-electron chi connectivity index (χ3n) is 6.97. The first-order valence-corrected chi connectivity index (χ1v) is 23.7. The Morgan fingerprint density at radius 1 is 0.906 bits per heavy atom. The molecule has 0 spiro atoms. The Bertz CT molecular complexity index is 821. The number of hydrogen-bond donors (Lipinski definition) is 0. The van der Waals surface area contributed by atoms with Crippen molar-refractivity contribution in [2.75, 3.05) is 0 Å². The summed E-state index contributed by atoms with van der Waals surface area (Å²) in [6, 6.07) is 8.00. The van der Waals surface area contributed by atoms with Crippen LogP contribution in [0.15, 0.2) is 39.5 Å². The summed E-state index contributed by atoms with van der Waals surface area (Å²) in [7, 11) is -1.70. The fourth-order valence-electron chi connectivity index (χ4n) is 5.34. The molecule has 0 aromatic heterocycles. The van der Waals surface area contributed by atoms with Crippen LogP contribution in [0.3, 0.4) is 0 Å². The van der Waals surface area contributed by atoms with Gasteiger partial charge in [-0.2, -0.15) is 0 Å². The minimum absolute atomic E-state index is 0.444. The van der Waals surface area contributed by atoms with Crippen molar-refractivity contribution in [3.8, 4) is 0 Å². The number of benzene rings is 1. The standard InChI is InChI=1S/C16H17O2Si.3C4H9.Sn/c1-19(2,3)16(14-8-9-15(18)10-14)13-6-4-12(11-17)5-7-13;3*1-3-4-2;/h4-8,11H,10H2,1-3H3;3*1,3-4H2,2H3;/b16-14-;;;;. The molecule has 0 unspecified atom stereocenters. The molecular weight excluding hydrogens is 515 g/mol. The van der Waals surface area contributed by atoms with Gasteiger partial charge in [0.1, 0.15) is 0 Å². The molecule has 0 atom stereocenters. The van der Waals surface area contributed by atoms with Crippen LogP contribution in [0, 0.1) is 0 Å². The summed E-state index contributed by atoms with van der Waals surface area (Å²) < 4.78 is 5.34. The Hall–Kier alpha value is -0.944. The van der Waals surface area contributed by atoms with Gasteiger partial charge < -0.3 is 0 Å². The molecule has 0 amide bonds. The summed E-state index contributed by atoms with van der Waals surface area (Å²) in [5.41, 5.74) is 3.20. The second-order valence-electron chi connectivity index (χ2n) is 10.6. The zero-order valence-corrected chi connectivity index (χ0v) is 25.2. The number of unbranched alkanes of at least 4 members (excludes halogenated alkanes) is 3. The van der Waals surface area contributed by atoms with Gasteiger partial charge in [-0.3, -0.25) is 0 Å². The number of hydrogen-bond acceptors (Lipinski definition) is 2. The quantitative estimate of drug-likeness (QED) is 0.180. The molecule has 0 saturated heterocycles. The molecule has 176 valence electrons. The van der Waals surface area contributed by atoms with Crippen LogP contribution in [-0.2, 0) is 4.79 Å². The topological polar surface area (TPSA) is 34.1 Å². The number of ketones is 1. The van der Waals surface area contributed by atoms with Crippen molar-refractivity contribution < 1.29 is 9.59 Å². The third kappa shape index (κ3) is 6.79. The number of rotatable bonds is 13. The average molecular weight is 559 g/mol. The van der Waals surface area contributed by atoms with E-state index in [-0.39, 0.29) is 0 Å². The number of aldehydes is 1. The number of carbonyl (C=O) groups excluding carboxylic acids is 2. The summed E-state index contributed by atoms with van der Waals surface area (Å²) in [5.74, 6) is 0.444. The van der Waals surface area contributed by atoms with Gasteiger partial charge in [-0.05, 0) is 0 Å². The van der Waals surface area contributed by atoms with Crippen LogP contribution in [0.25, 0.3) is 5.20 Å². The van der Waals surface area contributed by atoms with Crippen LogP contribution < -0.4 is 0 Å². The zero-order chi connectivity index (χ0) is 23.8. The molecular formula is C28H44O2SiSn. The molecule has 0 saturated carbocycles. The van der Waals surface area contributed by atoms with E-state index in [4.69, 9.17) is 0 Å². The third-order valence-corrected chi connectivity index (χ3v) is 24.8. The summed E-state index contributed by atoms with van der Waals surface area (Å²) in [6.07, 6.45) is 11.4. The molecule has 0 bridgehead atoms. The van der Waals surface area contributed by atoms with Gasteiger partial charge in [0.2, 0.25) is 0 Å². The molecule has 0 heterocycles. The normalized spacial score (nSPS) is 16.3. The second kappa shape index (κ2) is 12.5. The van der Waals surface area contributed by atoms with Crippen molar-refractivity contribution in [1.82, 2.24) is 0 Å². The first-order valence-electron chi connectivity index (χ1n) is 12.8. The Labute approximate surface area is 201 Å². The summed E-state index contributed by atoms with van der Waals surface area (Å²) in [5, 5.41) is 1.40. The fourth-order valence-corrected chi connectivity index (χ4v) is 24.1. The Kier molecular flexibility index (Phi) is 10.7. The summed E-state index contributed by atoms with van der Waals surface area (Å²) in [4.78, 5) is 24.7. The van der Waals surface area contributed by atoms with Crippen LogP contribution in [0.5, 0.6) is 0 Å². The van der Waals surface area contributed by atoms with Crippen molar-refractivity contribution in [2.24, 2.45) is 0 Å². The SMILES string of the molecule is CCC[CH2][Sn]([CH2]CCC)([CH2]CCC)[C]1=C/C(=C(\c2ccc(C=O)cc2)[Si](C)(C)C)CC1=O. The maximum absolute atomic E-state index is 13.6. The van der Waals surface area contributed by atoms with Gasteiger partial charge in [-0.15, -0.1) is 0 Å². The second-order valence-corrected chi connectivity index (χ2v) is 28.8. The molecule has 32 heavy (non-hydrogen) atoms. The van der Waals surface area contributed by atoms with Gasteiger partial charge in [0.05, 0.1) is 0 Å². The van der Waals surface area contributed by atoms with E-state index in [2.05, 4.69) is 58.6 Å². The fraction of sp³-hybridized carbons (Fsp3) is 0.571. The molecule has 2 rings (SSSR count).